The molecule has 1 aliphatic heterocycles. The molecule has 1 fully saturated rings. The molecular weight excluding hydrogens is 322 g/mol. The van der Waals surface area contributed by atoms with E-state index in [-0.39, 0.29) is 23.4 Å². The number of hydrogen-bond acceptors (Lipinski definition) is 5. The number of rotatable bonds is 5. The summed E-state index contributed by atoms with van der Waals surface area (Å²) >= 11 is 0. The summed E-state index contributed by atoms with van der Waals surface area (Å²) in [6.45, 7) is 1.37. The van der Waals surface area contributed by atoms with Crippen LogP contribution in [0.3, 0.4) is 0 Å². The Bertz CT molecular complexity index is 741. The van der Waals surface area contributed by atoms with Crippen LogP contribution in [0.25, 0.3) is 0 Å². The number of carbonyl (C=O) groups is 2. The summed E-state index contributed by atoms with van der Waals surface area (Å²) in [6, 6.07) is 9.69. The number of hydrogen-bond donors (Lipinski definition) is 1. The van der Waals surface area contributed by atoms with Crippen LogP contribution >= 0.6 is 0 Å². The first-order valence-electron chi connectivity index (χ1n) is 8.28. The van der Waals surface area contributed by atoms with Crippen molar-refractivity contribution in [2.45, 2.75) is 19.4 Å². The molecule has 1 saturated heterocycles. The molecule has 1 amide bonds. The number of carbonyl (C=O) groups excluding carboxylic acids is 2. The Hall–Kier alpha value is -2.60. The van der Waals surface area contributed by atoms with Gasteiger partial charge in [-0.3, -0.25) is 9.59 Å². The fourth-order valence-electron chi connectivity index (χ4n) is 3.07. The number of Topliss-reactive ketones (excluding diaryl/α,β-unsaturated/α-hetero) is 1. The molecule has 2 aromatic rings. The van der Waals surface area contributed by atoms with Gasteiger partial charge in [-0.15, -0.1) is 0 Å². The van der Waals surface area contributed by atoms with Crippen LogP contribution in [0.15, 0.2) is 40.8 Å². The number of ketones is 1. The second kappa shape index (κ2) is 7.53. The summed E-state index contributed by atoms with van der Waals surface area (Å²) in [5.41, 5.74) is 0.595. The Labute approximate surface area is 146 Å². The Balaban J connectivity index is 1.58. The van der Waals surface area contributed by atoms with Crippen LogP contribution in [0, 0.1) is 5.92 Å². The number of aromatic hydroxyl groups is 1. The van der Waals surface area contributed by atoms with Gasteiger partial charge in [0.15, 0.2) is 11.5 Å². The van der Waals surface area contributed by atoms with Crippen molar-refractivity contribution in [3.8, 4) is 5.75 Å². The van der Waals surface area contributed by atoms with Crippen molar-refractivity contribution < 1.29 is 23.8 Å². The summed E-state index contributed by atoms with van der Waals surface area (Å²) in [5.74, 6) is 0.862. The maximum absolute atomic E-state index is 12.5. The number of methoxy groups -OCH3 is 1. The first kappa shape index (κ1) is 17.2. The van der Waals surface area contributed by atoms with Gasteiger partial charge in [-0.25, -0.2) is 0 Å². The zero-order valence-corrected chi connectivity index (χ0v) is 14.1. The van der Waals surface area contributed by atoms with E-state index in [9.17, 15) is 14.7 Å². The molecule has 0 unspecified atom stereocenters. The topological polar surface area (TPSA) is 80.0 Å². The molecule has 25 heavy (non-hydrogen) atoms. The highest BCUT2D eigenvalue weighted by Gasteiger charge is 2.29. The molecule has 1 aromatic carbocycles. The van der Waals surface area contributed by atoms with Gasteiger partial charge < -0.3 is 19.2 Å². The molecule has 6 heteroatoms. The van der Waals surface area contributed by atoms with Gasteiger partial charge in [0, 0.05) is 31.7 Å². The molecule has 132 valence electrons. The molecule has 0 bridgehead atoms. The lowest BCUT2D eigenvalue weighted by Crippen LogP contribution is -2.40. The molecule has 0 saturated carbocycles. The number of phenols is 1. The van der Waals surface area contributed by atoms with E-state index in [2.05, 4.69) is 0 Å². The van der Waals surface area contributed by atoms with Gasteiger partial charge in [-0.05, 0) is 49.2 Å². The van der Waals surface area contributed by atoms with Gasteiger partial charge in [0.05, 0.1) is 0 Å². The normalized spacial score (nSPS) is 15.3. The van der Waals surface area contributed by atoms with Gasteiger partial charge in [-0.2, -0.15) is 0 Å². The van der Waals surface area contributed by atoms with Crippen molar-refractivity contribution in [1.29, 1.82) is 0 Å². The molecule has 1 aliphatic rings. The average molecular weight is 343 g/mol. The van der Waals surface area contributed by atoms with Crippen LogP contribution < -0.4 is 0 Å². The number of likely N-dealkylation sites (tertiary alicyclic amines) is 1. The molecule has 0 spiro atoms. The lowest BCUT2D eigenvalue weighted by atomic mass is 9.89. The van der Waals surface area contributed by atoms with Crippen molar-refractivity contribution in [3.63, 3.8) is 0 Å². The molecule has 6 nitrogen and oxygen atoms in total. The van der Waals surface area contributed by atoms with Crippen LogP contribution in [-0.2, 0) is 11.3 Å². The quantitative estimate of drug-likeness (QED) is 0.845. The summed E-state index contributed by atoms with van der Waals surface area (Å²) < 4.78 is 10.5. The first-order valence-corrected chi connectivity index (χ1v) is 8.28. The fourth-order valence-corrected chi connectivity index (χ4v) is 3.07. The number of piperidine rings is 1. The van der Waals surface area contributed by atoms with Crippen molar-refractivity contribution in [2.75, 3.05) is 20.2 Å². The highest BCUT2D eigenvalue weighted by Crippen LogP contribution is 2.24. The summed E-state index contributed by atoms with van der Waals surface area (Å²) in [4.78, 5) is 26.7. The number of benzene rings is 1. The van der Waals surface area contributed by atoms with Crippen molar-refractivity contribution in [1.82, 2.24) is 4.90 Å². The first-order chi connectivity index (χ1) is 12.1. The van der Waals surface area contributed by atoms with Crippen LogP contribution in [0.2, 0.25) is 0 Å². The zero-order valence-electron chi connectivity index (χ0n) is 14.1. The van der Waals surface area contributed by atoms with E-state index in [0.717, 1.165) is 0 Å². The smallest absolute Gasteiger partial charge is 0.289 e. The Morgan fingerprint density at radius 3 is 2.48 bits per heavy atom. The van der Waals surface area contributed by atoms with E-state index >= 15 is 0 Å². The molecule has 2 heterocycles. The third-order valence-corrected chi connectivity index (χ3v) is 4.46. The van der Waals surface area contributed by atoms with Crippen LogP contribution in [-0.4, -0.2) is 41.9 Å². The number of furan rings is 1. The van der Waals surface area contributed by atoms with Crippen LogP contribution in [0.1, 0.15) is 39.5 Å². The number of ether oxygens (including phenoxy) is 1. The number of nitrogens with zero attached hydrogens (tertiary/aromatic N) is 1. The highest BCUT2D eigenvalue weighted by molar-refractivity contribution is 5.98. The van der Waals surface area contributed by atoms with E-state index in [4.69, 9.17) is 9.15 Å². The Morgan fingerprint density at radius 1 is 1.16 bits per heavy atom. The van der Waals surface area contributed by atoms with Crippen LogP contribution in [0.5, 0.6) is 5.75 Å². The predicted octanol–water partition coefficient (Wildman–Crippen LogP) is 2.87. The van der Waals surface area contributed by atoms with Gasteiger partial charge >= 0.3 is 0 Å². The minimum Gasteiger partial charge on any atom is -0.508 e. The molecule has 0 aliphatic carbocycles. The summed E-state index contributed by atoms with van der Waals surface area (Å²) in [5, 5.41) is 9.32. The monoisotopic (exact) mass is 343 g/mol. The molecular formula is C19H21NO5. The standard InChI is InChI=1S/C19H21NO5/c1-24-12-16-6-7-17(25-16)19(23)20-10-8-14(9-11-20)18(22)13-2-4-15(21)5-3-13/h2-7,14,21H,8-12H2,1H3. The largest absolute Gasteiger partial charge is 0.508 e. The van der Waals surface area contributed by atoms with Crippen molar-refractivity contribution in [2.24, 2.45) is 5.92 Å². The van der Waals surface area contributed by atoms with E-state index in [1.165, 1.54) is 12.1 Å². The molecule has 0 radical (unpaired) electrons. The summed E-state index contributed by atoms with van der Waals surface area (Å²) in [6.07, 6.45) is 1.24. The fraction of sp³-hybridized carbons (Fsp3) is 0.368. The van der Waals surface area contributed by atoms with Gasteiger partial charge in [0.25, 0.3) is 5.91 Å². The second-order valence-electron chi connectivity index (χ2n) is 6.18. The summed E-state index contributed by atoms with van der Waals surface area (Å²) in [7, 11) is 1.57. The van der Waals surface area contributed by atoms with Crippen LogP contribution in [0.4, 0.5) is 0 Å². The molecule has 0 atom stereocenters. The third kappa shape index (κ3) is 3.91. The van der Waals surface area contributed by atoms with Gasteiger partial charge in [-0.1, -0.05) is 0 Å². The van der Waals surface area contributed by atoms with E-state index < -0.39 is 0 Å². The molecule has 3 rings (SSSR count). The van der Waals surface area contributed by atoms with E-state index in [1.54, 1.807) is 36.3 Å². The maximum atomic E-state index is 12.5. The Kier molecular flexibility index (Phi) is 5.19. The van der Waals surface area contributed by atoms with Gasteiger partial charge in [0.1, 0.15) is 18.1 Å². The van der Waals surface area contributed by atoms with Crippen molar-refractivity contribution >= 4 is 11.7 Å². The maximum Gasteiger partial charge on any atom is 0.289 e. The molecule has 1 aromatic heterocycles. The third-order valence-electron chi connectivity index (χ3n) is 4.46. The minimum atomic E-state index is -0.155. The average Bonchev–Trinajstić information content (AvgIpc) is 3.10. The van der Waals surface area contributed by atoms with E-state index in [0.29, 0.717) is 49.6 Å². The Morgan fingerprint density at radius 2 is 1.84 bits per heavy atom. The lowest BCUT2D eigenvalue weighted by Gasteiger charge is -2.30. The zero-order chi connectivity index (χ0) is 17.8. The lowest BCUT2D eigenvalue weighted by molar-refractivity contribution is 0.0619. The van der Waals surface area contributed by atoms with E-state index in [1.807, 2.05) is 0 Å². The van der Waals surface area contributed by atoms with Gasteiger partial charge in [0.2, 0.25) is 0 Å². The highest BCUT2D eigenvalue weighted by atomic mass is 16.5. The SMILES string of the molecule is COCc1ccc(C(=O)N2CCC(C(=O)c3ccc(O)cc3)CC2)o1. The minimum absolute atomic E-state index is 0.0625. The number of phenolic OH excluding ortho intramolecular Hbond substituents is 1. The second-order valence-corrected chi connectivity index (χ2v) is 6.18. The van der Waals surface area contributed by atoms with Crippen molar-refractivity contribution in [3.05, 3.63) is 53.5 Å². The molecule has 1 N–H and O–H groups in total. The number of amides is 1. The predicted molar refractivity (Wildman–Crippen MR) is 90.5 cm³/mol.